The van der Waals surface area contributed by atoms with Crippen LogP contribution in [0.5, 0.6) is 0 Å². The zero-order valence-electron chi connectivity index (χ0n) is 12.7. The van der Waals surface area contributed by atoms with Gasteiger partial charge in [-0.3, -0.25) is 0 Å². The minimum absolute atomic E-state index is 0.624. The molecule has 3 heterocycles. The first kappa shape index (κ1) is 15.3. The number of hydrogen-bond donors (Lipinski definition) is 1. The summed E-state index contributed by atoms with van der Waals surface area (Å²) in [5, 5.41) is 0.851. The van der Waals surface area contributed by atoms with Crippen molar-refractivity contribution < 1.29 is 4.42 Å². The quantitative estimate of drug-likeness (QED) is 0.403. The molecule has 0 radical (unpaired) electrons. The van der Waals surface area contributed by atoms with Crippen LogP contribution in [0.2, 0.25) is 0 Å². The van der Waals surface area contributed by atoms with Crippen LogP contribution in [0.15, 0.2) is 50.8 Å². The standard InChI is InChI=1S/C16H12BrN5OS/c1-9-12(22-15(23-9)10-3-2-4-11(17)5-10)6-24-16-13-14(19-7-18-13)20-8-21-16/h2-5,7-8H,6H2,1H3,(H,18,19,20,21). The Morgan fingerprint density at radius 1 is 1.25 bits per heavy atom. The van der Waals surface area contributed by atoms with Crippen LogP contribution in [0.25, 0.3) is 22.6 Å². The van der Waals surface area contributed by atoms with Crippen molar-refractivity contribution in [1.29, 1.82) is 0 Å². The zero-order valence-corrected chi connectivity index (χ0v) is 15.1. The van der Waals surface area contributed by atoms with E-state index in [4.69, 9.17) is 4.42 Å². The van der Waals surface area contributed by atoms with E-state index in [1.54, 1.807) is 18.1 Å². The molecule has 24 heavy (non-hydrogen) atoms. The number of H-pyrrole nitrogens is 1. The van der Waals surface area contributed by atoms with E-state index in [1.807, 2.05) is 31.2 Å². The van der Waals surface area contributed by atoms with Crippen molar-refractivity contribution in [3.8, 4) is 11.5 Å². The van der Waals surface area contributed by atoms with E-state index in [9.17, 15) is 0 Å². The Bertz CT molecular complexity index is 1010. The molecule has 0 bridgehead atoms. The molecule has 8 heteroatoms. The van der Waals surface area contributed by atoms with Gasteiger partial charge in [0.05, 0.1) is 12.0 Å². The average molecular weight is 402 g/mol. The maximum absolute atomic E-state index is 5.82. The lowest BCUT2D eigenvalue weighted by atomic mass is 10.2. The van der Waals surface area contributed by atoms with Crippen LogP contribution in [0.4, 0.5) is 0 Å². The van der Waals surface area contributed by atoms with Crippen molar-refractivity contribution in [2.75, 3.05) is 0 Å². The zero-order chi connectivity index (χ0) is 16.5. The fourth-order valence-corrected chi connectivity index (χ4v) is 3.65. The number of hydrogen-bond acceptors (Lipinski definition) is 6. The van der Waals surface area contributed by atoms with Crippen LogP contribution in [-0.2, 0) is 5.75 Å². The van der Waals surface area contributed by atoms with Crippen molar-refractivity contribution in [3.63, 3.8) is 0 Å². The predicted octanol–water partition coefficient (Wildman–Crippen LogP) is 4.37. The molecule has 1 N–H and O–H groups in total. The average Bonchev–Trinajstić information content (AvgIpc) is 3.20. The first-order valence-corrected chi connectivity index (χ1v) is 8.97. The Hall–Kier alpha value is -2.19. The monoisotopic (exact) mass is 401 g/mol. The molecule has 0 amide bonds. The molecule has 0 spiro atoms. The smallest absolute Gasteiger partial charge is 0.226 e. The number of aromatic nitrogens is 5. The number of nitrogens with one attached hydrogen (secondary N) is 1. The summed E-state index contributed by atoms with van der Waals surface area (Å²) in [4.78, 5) is 20.3. The number of fused-ring (bicyclic) bond motifs is 1. The van der Waals surface area contributed by atoms with Gasteiger partial charge in [0, 0.05) is 15.8 Å². The number of nitrogens with zero attached hydrogens (tertiary/aromatic N) is 4. The second-order valence-electron chi connectivity index (χ2n) is 5.10. The molecule has 0 unspecified atom stereocenters. The maximum Gasteiger partial charge on any atom is 0.226 e. The van der Waals surface area contributed by atoms with Gasteiger partial charge in [0.25, 0.3) is 0 Å². The predicted molar refractivity (Wildman–Crippen MR) is 95.6 cm³/mol. The second kappa shape index (κ2) is 6.37. The number of rotatable bonds is 4. The summed E-state index contributed by atoms with van der Waals surface area (Å²) in [7, 11) is 0. The van der Waals surface area contributed by atoms with Gasteiger partial charge in [-0.1, -0.05) is 33.8 Å². The fourth-order valence-electron chi connectivity index (χ4n) is 2.30. The fraction of sp³-hybridized carbons (Fsp3) is 0.125. The lowest BCUT2D eigenvalue weighted by Crippen LogP contribution is -1.89. The molecule has 0 aliphatic carbocycles. The number of thioether (sulfide) groups is 1. The highest BCUT2D eigenvalue weighted by Gasteiger charge is 2.14. The topological polar surface area (TPSA) is 80.5 Å². The Morgan fingerprint density at radius 3 is 3.04 bits per heavy atom. The molecule has 0 atom stereocenters. The van der Waals surface area contributed by atoms with E-state index >= 15 is 0 Å². The third kappa shape index (κ3) is 2.94. The van der Waals surface area contributed by atoms with Crippen LogP contribution >= 0.6 is 27.7 Å². The number of imidazole rings is 1. The Labute approximate surface area is 150 Å². The van der Waals surface area contributed by atoms with Gasteiger partial charge in [0.15, 0.2) is 5.65 Å². The molecule has 4 aromatic rings. The molecular formula is C16H12BrN5OS. The van der Waals surface area contributed by atoms with E-state index < -0.39 is 0 Å². The highest BCUT2D eigenvalue weighted by Crippen LogP contribution is 2.29. The van der Waals surface area contributed by atoms with Gasteiger partial charge >= 0.3 is 0 Å². The van der Waals surface area contributed by atoms with Gasteiger partial charge in [-0.05, 0) is 25.1 Å². The Balaban J connectivity index is 1.58. The third-order valence-corrected chi connectivity index (χ3v) is 4.99. The number of aryl methyl sites for hydroxylation is 1. The molecule has 0 saturated carbocycles. The minimum atomic E-state index is 0.624. The summed E-state index contributed by atoms with van der Waals surface area (Å²) < 4.78 is 6.81. The number of benzene rings is 1. The molecule has 0 aliphatic heterocycles. The molecule has 120 valence electrons. The van der Waals surface area contributed by atoms with Crippen molar-refractivity contribution in [1.82, 2.24) is 24.9 Å². The van der Waals surface area contributed by atoms with Gasteiger partial charge in [0.1, 0.15) is 22.6 Å². The summed E-state index contributed by atoms with van der Waals surface area (Å²) in [6.45, 7) is 1.93. The van der Waals surface area contributed by atoms with Crippen molar-refractivity contribution in [2.24, 2.45) is 0 Å². The highest BCUT2D eigenvalue weighted by molar-refractivity contribution is 9.10. The van der Waals surface area contributed by atoms with Crippen molar-refractivity contribution in [2.45, 2.75) is 17.7 Å². The van der Waals surface area contributed by atoms with E-state index in [-0.39, 0.29) is 0 Å². The van der Waals surface area contributed by atoms with Gasteiger partial charge in [-0.25, -0.2) is 19.9 Å². The SMILES string of the molecule is Cc1oc(-c2cccc(Br)c2)nc1CSc1ncnc2nc[nH]c12. The van der Waals surface area contributed by atoms with Crippen LogP contribution in [-0.4, -0.2) is 24.9 Å². The number of aromatic amines is 1. The van der Waals surface area contributed by atoms with Crippen molar-refractivity contribution in [3.05, 3.63) is 52.8 Å². The van der Waals surface area contributed by atoms with Gasteiger partial charge in [-0.15, -0.1) is 0 Å². The van der Waals surface area contributed by atoms with E-state index in [0.717, 1.165) is 32.0 Å². The lowest BCUT2D eigenvalue weighted by Gasteiger charge is -1.99. The summed E-state index contributed by atoms with van der Waals surface area (Å²) >= 11 is 5.05. The first-order chi connectivity index (χ1) is 11.7. The van der Waals surface area contributed by atoms with Gasteiger partial charge in [-0.2, -0.15) is 0 Å². The molecule has 1 aromatic carbocycles. The first-order valence-electron chi connectivity index (χ1n) is 7.20. The minimum Gasteiger partial charge on any atom is -0.441 e. The normalized spacial score (nSPS) is 11.2. The summed E-state index contributed by atoms with van der Waals surface area (Å²) in [5.41, 5.74) is 3.36. The lowest BCUT2D eigenvalue weighted by molar-refractivity contribution is 0.540. The molecular weight excluding hydrogens is 390 g/mol. The number of halogens is 1. The molecule has 4 rings (SSSR count). The molecule has 3 aromatic heterocycles. The third-order valence-electron chi connectivity index (χ3n) is 3.50. The maximum atomic E-state index is 5.82. The Kier molecular flexibility index (Phi) is 4.07. The van der Waals surface area contributed by atoms with E-state index in [1.165, 1.54) is 6.33 Å². The highest BCUT2D eigenvalue weighted by atomic mass is 79.9. The summed E-state index contributed by atoms with van der Waals surface area (Å²) in [6.07, 6.45) is 3.14. The largest absolute Gasteiger partial charge is 0.441 e. The van der Waals surface area contributed by atoms with Crippen LogP contribution in [0.1, 0.15) is 11.5 Å². The molecule has 6 nitrogen and oxygen atoms in total. The van der Waals surface area contributed by atoms with Crippen LogP contribution in [0, 0.1) is 6.92 Å². The van der Waals surface area contributed by atoms with E-state index in [0.29, 0.717) is 17.3 Å². The van der Waals surface area contributed by atoms with Gasteiger partial charge in [0.2, 0.25) is 5.89 Å². The molecule has 0 saturated heterocycles. The van der Waals surface area contributed by atoms with Crippen LogP contribution < -0.4 is 0 Å². The van der Waals surface area contributed by atoms with Crippen LogP contribution in [0.3, 0.4) is 0 Å². The van der Waals surface area contributed by atoms with E-state index in [2.05, 4.69) is 40.8 Å². The summed E-state index contributed by atoms with van der Waals surface area (Å²) in [6, 6.07) is 7.90. The summed E-state index contributed by atoms with van der Waals surface area (Å²) in [5.74, 6) is 2.10. The van der Waals surface area contributed by atoms with Crippen molar-refractivity contribution >= 4 is 38.9 Å². The Morgan fingerprint density at radius 2 is 2.17 bits per heavy atom. The molecule has 0 fully saturated rings. The number of oxazole rings is 1. The second-order valence-corrected chi connectivity index (χ2v) is 6.98. The van der Waals surface area contributed by atoms with Gasteiger partial charge < -0.3 is 9.40 Å². The molecule has 0 aliphatic rings.